The molecule has 2 unspecified atom stereocenters. The lowest BCUT2D eigenvalue weighted by atomic mass is 9.75. The highest BCUT2D eigenvalue weighted by molar-refractivity contribution is 7.88. The van der Waals surface area contributed by atoms with Gasteiger partial charge >= 0.3 is 0 Å². The minimum absolute atomic E-state index is 0.0708. The molecule has 2 atom stereocenters. The average molecular weight is 396 g/mol. The van der Waals surface area contributed by atoms with Gasteiger partial charge in [-0.25, -0.2) is 8.42 Å². The second-order valence-electron chi connectivity index (χ2n) is 8.22. The van der Waals surface area contributed by atoms with Gasteiger partial charge in [-0.05, 0) is 48.3 Å². The summed E-state index contributed by atoms with van der Waals surface area (Å²) in [5, 5.41) is 0. The van der Waals surface area contributed by atoms with E-state index in [0.29, 0.717) is 30.8 Å². The minimum atomic E-state index is -3.54. The van der Waals surface area contributed by atoms with Gasteiger partial charge in [0.05, 0.1) is 26.0 Å². The number of ether oxygens (including phenoxy) is 2. The Kier molecular flexibility index (Phi) is 5.06. The van der Waals surface area contributed by atoms with Crippen LogP contribution in [0.2, 0.25) is 0 Å². The number of ketones is 1. The van der Waals surface area contributed by atoms with Crippen LogP contribution < -0.4 is 9.47 Å². The largest absolute Gasteiger partial charge is 0.493 e. The molecule has 0 spiro atoms. The third kappa shape index (κ3) is 3.05. The number of carbonyl (C=O) groups is 1. The van der Waals surface area contributed by atoms with Crippen molar-refractivity contribution in [1.82, 2.24) is 4.31 Å². The highest BCUT2D eigenvalue weighted by Gasteiger charge is 2.68. The summed E-state index contributed by atoms with van der Waals surface area (Å²) < 4.78 is 37.5. The topological polar surface area (TPSA) is 72.9 Å². The van der Waals surface area contributed by atoms with Crippen molar-refractivity contribution >= 4 is 15.8 Å². The van der Waals surface area contributed by atoms with Crippen molar-refractivity contribution in [2.45, 2.75) is 45.1 Å². The summed E-state index contributed by atoms with van der Waals surface area (Å²) >= 11 is 0. The molecule has 6 nitrogen and oxygen atoms in total. The first-order valence-corrected chi connectivity index (χ1v) is 11.1. The Balaban J connectivity index is 1.91. The van der Waals surface area contributed by atoms with Gasteiger partial charge in [-0.1, -0.05) is 19.9 Å². The monoisotopic (exact) mass is 395 g/mol. The third-order valence-electron chi connectivity index (χ3n) is 6.71. The number of methoxy groups -OCH3 is 2. The molecule has 2 fully saturated rings. The number of nitrogens with zero attached hydrogens (tertiary/aromatic N) is 1. The fraction of sp³-hybridized carbons (Fsp3) is 0.650. The number of benzene rings is 1. The van der Waals surface area contributed by atoms with Crippen molar-refractivity contribution in [3.63, 3.8) is 0 Å². The van der Waals surface area contributed by atoms with E-state index in [1.54, 1.807) is 14.2 Å². The van der Waals surface area contributed by atoms with E-state index in [9.17, 15) is 13.2 Å². The molecule has 2 saturated carbocycles. The summed E-state index contributed by atoms with van der Waals surface area (Å²) in [5.41, 5.74) is -0.317. The molecule has 2 bridgehead atoms. The average Bonchev–Trinajstić information content (AvgIpc) is 2.95. The Hall–Kier alpha value is -1.60. The highest BCUT2D eigenvalue weighted by Crippen LogP contribution is 2.61. The van der Waals surface area contributed by atoms with Crippen LogP contribution in [0.4, 0.5) is 0 Å². The molecule has 0 saturated heterocycles. The number of hydrogen-bond acceptors (Lipinski definition) is 5. The number of hydrogen-bond donors (Lipinski definition) is 0. The van der Waals surface area contributed by atoms with Crippen LogP contribution in [0, 0.1) is 11.3 Å². The second-order valence-corrected chi connectivity index (χ2v) is 10.1. The summed E-state index contributed by atoms with van der Waals surface area (Å²) in [6, 6.07) is 5.57. The van der Waals surface area contributed by atoms with Gasteiger partial charge in [0.15, 0.2) is 17.3 Å². The maximum absolute atomic E-state index is 12.9. The summed E-state index contributed by atoms with van der Waals surface area (Å²) in [4.78, 5) is 12.9. The van der Waals surface area contributed by atoms with Crippen LogP contribution >= 0.6 is 0 Å². The Morgan fingerprint density at radius 2 is 1.85 bits per heavy atom. The molecule has 7 heteroatoms. The van der Waals surface area contributed by atoms with Crippen LogP contribution in [-0.2, 0) is 21.2 Å². The molecule has 27 heavy (non-hydrogen) atoms. The number of rotatable bonds is 7. The van der Waals surface area contributed by atoms with Gasteiger partial charge in [-0.2, -0.15) is 4.31 Å². The summed E-state index contributed by atoms with van der Waals surface area (Å²) in [7, 11) is -0.391. The van der Waals surface area contributed by atoms with Gasteiger partial charge in [0.1, 0.15) is 0 Å². The molecule has 3 rings (SSSR count). The van der Waals surface area contributed by atoms with Crippen molar-refractivity contribution < 1.29 is 22.7 Å². The normalized spacial score (nSPS) is 26.6. The first-order chi connectivity index (χ1) is 12.6. The van der Waals surface area contributed by atoms with Crippen molar-refractivity contribution in [2.75, 3.05) is 27.0 Å². The Labute approximate surface area is 161 Å². The molecular weight excluding hydrogens is 366 g/mol. The maximum Gasteiger partial charge on any atom is 0.212 e. The van der Waals surface area contributed by atoms with Gasteiger partial charge < -0.3 is 9.47 Å². The molecular formula is C20H29NO5S. The van der Waals surface area contributed by atoms with Crippen molar-refractivity contribution in [1.29, 1.82) is 0 Å². The number of carbonyl (C=O) groups excluding carboxylic acids is 1. The van der Waals surface area contributed by atoms with Crippen molar-refractivity contribution in [3.05, 3.63) is 23.8 Å². The standard InChI is InChI=1S/C20H29NO5S/c1-19(2)15-8-10-20(19,18(22)13-15)21(27(5,23)24)11-9-14-6-7-16(25-3)17(12-14)26-4/h6-7,12,15H,8-11,13H2,1-5H3. The zero-order valence-electron chi connectivity index (χ0n) is 16.7. The van der Waals surface area contributed by atoms with E-state index in [0.717, 1.165) is 12.0 Å². The van der Waals surface area contributed by atoms with Crippen LogP contribution in [0.15, 0.2) is 18.2 Å². The smallest absolute Gasteiger partial charge is 0.212 e. The molecule has 150 valence electrons. The van der Waals surface area contributed by atoms with E-state index in [2.05, 4.69) is 0 Å². The van der Waals surface area contributed by atoms with Crippen LogP contribution in [-0.4, -0.2) is 51.1 Å². The molecule has 1 aromatic carbocycles. The zero-order valence-corrected chi connectivity index (χ0v) is 17.6. The number of fused-ring (bicyclic) bond motifs is 2. The molecule has 0 amide bonds. The van der Waals surface area contributed by atoms with Gasteiger partial charge in [-0.15, -0.1) is 0 Å². The van der Waals surface area contributed by atoms with Crippen molar-refractivity contribution in [3.8, 4) is 11.5 Å². The zero-order chi connectivity index (χ0) is 20.0. The van der Waals surface area contributed by atoms with Crippen LogP contribution in [0.5, 0.6) is 11.5 Å². The first-order valence-electron chi connectivity index (χ1n) is 9.30. The maximum atomic E-state index is 12.9. The van der Waals surface area contributed by atoms with Crippen LogP contribution in [0.1, 0.15) is 38.7 Å². The summed E-state index contributed by atoms with van der Waals surface area (Å²) in [6.45, 7) is 4.37. The highest BCUT2D eigenvalue weighted by atomic mass is 32.2. The lowest BCUT2D eigenvalue weighted by Gasteiger charge is -2.44. The molecule has 0 aliphatic heterocycles. The SMILES string of the molecule is COc1ccc(CCN(C23CCC(CC2=O)C3(C)C)S(C)(=O)=O)cc1OC. The third-order valence-corrected chi connectivity index (χ3v) is 8.01. The van der Waals surface area contributed by atoms with Crippen molar-refractivity contribution in [2.24, 2.45) is 11.3 Å². The van der Waals surface area contributed by atoms with Crippen LogP contribution in [0.25, 0.3) is 0 Å². The Bertz CT molecular complexity index is 848. The van der Waals surface area contributed by atoms with E-state index < -0.39 is 15.6 Å². The lowest BCUT2D eigenvalue weighted by molar-refractivity contribution is -0.129. The predicted molar refractivity (Wildman–Crippen MR) is 104 cm³/mol. The van der Waals surface area contributed by atoms with Gasteiger partial charge in [0.2, 0.25) is 10.0 Å². The van der Waals surface area contributed by atoms with Gasteiger partial charge in [0.25, 0.3) is 0 Å². The van der Waals surface area contributed by atoms with Crippen LogP contribution in [0.3, 0.4) is 0 Å². The molecule has 0 heterocycles. The van der Waals surface area contributed by atoms with E-state index in [1.807, 2.05) is 32.0 Å². The molecule has 2 aliphatic rings. The fourth-order valence-corrected chi connectivity index (χ4v) is 6.56. The summed E-state index contributed by atoms with van der Waals surface area (Å²) in [6.07, 6.45) is 3.72. The fourth-order valence-electron chi connectivity index (χ4n) is 5.14. The molecule has 0 aromatic heterocycles. The summed E-state index contributed by atoms with van der Waals surface area (Å²) in [5.74, 6) is 1.57. The Morgan fingerprint density at radius 3 is 2.33 bits per heavy atom. The minimum Gasteiger partial charge on any atom is -0.493 e. The van der Waals surface area contributed by atoms with E-state index in [-0.39, 0.29) is 23.7 Å². The Morgan fingerprint density at radius 1 is 1.19 bits per heavy atom. The molecule has 2 aliphatic carbocycles. The molecule has 0 N–H and O–H groups in total. The lowest BCUT2D eigenvalue weighted by Crippen LogP contribution is -2.60. The second kappa shape index (κ2) is 6.78. The number of Topliss-reactive ketones (excluding diaryl/α,β-unsaturated/α-hetero) is 1. The quantitative estimate of drug-likeness (QED) is 0.710. The van der Waals surface area contributed by atoms with Gasteiger partial charge in [-0.3, -0.25) is 4.79 Å². The molecule has 1 aromatic rings. The van der Waals surface area contributed by atoms with Gasteiger partial charge in [0, 0.05) is 13.0 Å². The van der Waals surface area contributed by atoms with E-state index >= 15 is 0 Å². The predicted octanol–water partition coefficient (Wildman–Crippen LogP) is 2.66. The van der Waals surface area contributed by atoms with E-state index in [4.69, 9.17) is 9.47 Å². The molecule has 0 radical (unpaired) electrons. The van der Waals surface area contributed by atoms with E-state index in [1.165, 1.54) is 10.6 Å². The first kappa shape index (κ1) is 20.1. The number of sulfonamides is 1.